The second-order valence-electron chi connectivity index (χ2n) is 7.65. The van der Waals surface area contributed by atoms with Gasteiger partial charge in [-0.3, -0.25) is 4.79 Å². The normalized spacial score (nSPS) is 22.5. The Balaban J connectivity index is 1.53. The zero-order valence-corrected chi connectivity index (χ0v) is 17.7. The van der Waals surface area contributed by atoms with Crippen LogP contribution in [0.3, 0.4) is 0 Å². The Bertz CT molecular complexity index is 1090. The summed E-state index contributed by atoms with van der Waals surface area (Å²) in [5, 5.41) is 9.81. The SMILES string of the molecule is CSc1ncc2c(n1)N1CCC[C@H]1CN(c1cccc(C3=N[C@H](C(=O)O)CO3)c1)C2=O. The molecule has 1 saturated heterocycles. The fourth-order valence-corrected chi connectivity index (χ4v) is 4.59. The van der Waals surface area contributed by atoms with Crippen molar-refractivity contribution in [2.75, 3.05) is 35.8 Å². The topological polar surface area (TPSA) is 108 Å². The fourth-order valence-electron chi connectivity index (χ4n) is 4.26. The van der Waals surface area contributed by atoms with Crippen molar-refractivity contribution in [2.24, 2.45) is 4.99 Å². The number of aromatic nitrogens is 2. The van der Waals surface area contributed by atoms with E-state index in [1.165, 1.54) is 11.8 Å². The van der Waals surface area contributed by atoms with Crippen LogP contribution in [0.4, 0.5) is 11.5 Å². The number of benzene rings is 1. The molecule has 10 heteroatoms. The number of carboxylic acids is 1. The monoisotopic (exact) mass is 439 g/mol. The Morgan fingerprint density at radius 1 is 1.35 bits per heavy atom. The van der Waals surface area contributed by atoms with Crippen molar-refractivity contribution in [1.29, 1.82) is 0 Å². The molecule has 0 aliphatic carbocycles. The van der Waals surface area contributed by atoms with E-state index in [0.29, 0.717) is 34.3 Å². The summed E-state index contributed by atoms with van der Waals surface area (Å²) in [4.78, 5) is 41.8. The lowest BCUT2D eigenvalue weighted by atomic mass is 10.1. The molecule has 0 unspecified atom stereocenters. The maximum Gasteiger partial charge on any atom is 0.332 e. The predicted molar refractivity (Wildman–Crippen MR) is 116 cm³/mol. The molecule has 9 nitrogen and oxygen atoms in total. The summed E-state index contributed by atoms with van der Waals surface area (Å²) in [5.41, 5.74) is 1.85. The number of ether oxygens (including phenoxy) is 1. The summed E-state index contributed by atoms with van der Waals surface area (Å²) in [6, 6.07) is 6.59. The van der Waals surface area contributed by atoms with Crippen LogP contribution in [-0.2, 0) is 9.53 Å². The molecule has 1 fully saturated rings. The largest absolute Gasteiger partial charge is 0.480 e. The molecule has 4 heterocycles. The molecule has 0 spiro atoms. The highest BCUT2D eigenvalue weighted by Gasteiger charge is 2.37. The zero-order chi connectivity index (χ0) is 21.5. The number of thioether (sulfide) groups is 1. The average molecular weight is 439 g/mol. The standard InChI is InChI=1S/C21H21N5O4S/c1-31-21-22-9-15-17(24-21)25-7-3-6-14(25)10-26(19(15)27)13-5-2-4-12(8-13)18-23-16(11-30-18)20(28)29/h2,4-5,8-9,14,16H,3,6-7,10-11H2,1H3,(H,28,29)/t14-,16-/m0/s1. The Morgan fingerprint density at radius 3 is 3.00 bits per heavy atom. The summed E-state index contributed by atoms with van der Waals surface area (Å²) >= 11 is 1.46. The smallest absolute Gasteiger partial charge is 0.332 e. The average Bonchev–Trinajstić information content (AvgIpc) is 3.45. The molecule has 0 saturated carbocycles. The molecule has 160 valence electrons. The quantitative estimate of drug-likeness (QED) is 0.570. The molecule has 3 aliphatic rings. The molecule has 1 aromatic carbocycles. The van der Waals surface area contributed by atoms with Crippen molar-refractivity contribution in [3.8, 4) is 0 Å². The van der Waals surface area contributed by atoms with E-state index >= 15 is 0 Å². The number of carboxylic acid groups (broad SMARTS) is 1. The Labute approximate surface area is 183 Å². The van der Waals surface area contributed by atoms with Crippen LogP contribution in [0.25, 0.3) is 0 Å². The summed E-state index contributed by atoms with van der Waals surface area (Å²) in [6.45, 7) is 1.42. The van der Waals surface area contributed by atoms with Gasteiger partial charge in [0.25, 0.3) is 5.91 Å². The van der Waals surface area contributed by atoms with E-state index in [4.69, 9.17) is 9.84 Å². The van der Waals surface area contributed by atoms with Gasteiger partial charge in [-0.1, -0.05) is 17.8 Å². The van der Waals surface area contributed by atoms with Gasteiger partial charge in [0, 0.05) is 36.6 Å². The summed E-state index contributed by atoms with van der Waals surface area (Å²) in [5.74, 6) is -0.172. The number of carbonyl (C=O) groups excluding carboxylic acids is 1. The molecule has 3 aliphatic heterocycles. The van der Waals surface area contributed by atoms with Crippen molar-refractivity contribution in [3.63, 3.8) is 0 Å². The number of nitrogens with zero attached hydrogens (tertiary/aromatic N) is 5. The van der Waals surface area contributed by atoms with Crippen molar-refractivity contribution >= 4 is 41.0 Å². The molecular formula is C21H21N5O4S. The molecule has 1 aromatic heterocycles. The number of hydrogen-bond donors (Lipinski definition) is 1. The minimum absolute atomic E-state index is 0.0110. The molecule has 2 aromatic rings. The second-order valence-corrected chi connectivity index (χ2v) is 8.42. The van der Waals surface area contributed by atoms with Crippen LogP contribution in [0.2, 0.25) is 0 Å². The number of hydrogen-bond acceptors (Lipinski definition) is 8. The highest BCUT2D eigenvalue weighted by Crippen LogP contribution is 2.34. The van der Waals surface area contributed by atoms with Crippen LogP contribution >= 0.6 is 11.8 Å². The number of carbonyl (C=O) groups is 2. The van der Waals surface area contributed by atoms with Gasteiger partial charge in [0.05, 0.1) is 0 Å². The first-order valence-electron chi connectivity index (χ1n) is 10.1. The Morgan fingerprint density at radius 2 is 2.23 bits per heavy atom. The molecular weight excluding hydrogens is 418 g/mol. The predicted octanol–water partition coefficient (Wildman–Crippen LogP) is 2.06. The van der Waals surface area contributed by atoms with Gasteiger partial charge in [-0.2, -0.15) is 0 Å². The van der Waals surface area contributed by atoms with E-state index in [2.05, 4.69) is 19.9 Å². The molecule has 1 amide bonds. The highest BCUT2D eigenvalue weighted by molar-refractivity contribution is 7.98. The van der Waals surface area contributed by atoms with Crippen LogP contribution < -0.4 is 9.80 Å². The van der Waals surface area contributed by atoms with Crippen molar-refractivity contribution in [1.82, 2.24) is 9.97 Å². The first kappa shape index (κ1) is 19.8. The van der Waals surface area contributed by atoms with Gasteiger partial charge in [-0.05, 0) is 37.3 Å². The lowest BCUT2D eigenvalue weighted by Crippen LogP contribution is -2.39. The second kappa shape index (κ2) is 7.84. The summed E-state index contributed by atoms with van der Waals surface area (Å²) in [6.07, 6.45) is 5.57. The first-order chi connectivity index (χ1) is 15.0. The number of amides is 1. The van der Waals surface area contributed by atoms with E-state index in [0.717, 1.165) is 19.4 Å². The summed E-state index contributed by atoms with van der Waals surface area (Å²) in [7, 11) is 0. The van der Waals surface area contributed by atoms with Crippen LogP contribution in [0.15, 0.2) is 40.6 Å². The summed E-state index contributed by atoms with van der Waals surface area (Å²) < 4.78 is 5.49. The Kier molecular flexibility index (Phi) is 5.01. The van der Waals surface area contributed by atoms with Gasteiger partial charge in [-0.25, -0.2) is 19.8 Å². The fraction of sp³-hybridized carbons (Fsp3) is 0.381. The minimum Gasteiger partial charge on any atom is -0.480 e. The van der Waals surface area contributed by atoms with Gasteiger partial charge in [0.15, 0.2) is 11.2 Å². The maximum atomic E-state index is 13.5. The molecule has 0 bridgehead atoms. The van der Waals surface area contributed by atoms with Crippen molar-refractivity contribution in [3.05, 3.63) is 41.6 Å². The first-order valence-corrected chi connectivity index (χ1v) is 11.3. The van der Waals surface area contributed by atoms with Gasteiger partial charge in [0.1, 0.15) is 18.0 Å². The highest BCUT2D eigenvalue weighted by atomic mass is 32.2. The number of aliphatic carboxylic acids is 1. The van der Waals surface area contributed by atoms with E-state index in [-0.39, 0.29) is 24.5 Å². The van der Waals surface area contributed by atoms with Gasteiger partial charge in [0.2, 0.25) is 5.90 Å². The van der Waals surface area contributed by atoms with Crippen molar-refractivity contribution in [2.45, 2.75) is 30.1 Å². The van der Waals surface area contributed by atoms with Gasteiger partial charge in [-0.15, -0.1) is 0 Å². The van der Waals surface area contributed by atoms with Crippen LogP contribution in [0.1, 0.15) is 28.8 Å². The third kappa shape index (κ3) is 3.50. The lowest BCUT2D eigenvalue weighted by Gasteiger charge is -2.27. The van der Waals surface area contributed by atoms with E-state index in [9.17, 15) is 9.59 Å². The van der Waals surface area contributed by atoms with Crippen LogP contribution in [-0.4, -0.2) is 70.9 Å². The van der Waals surface area contributed by atoms with E-state index in [1.54, 1.807) is 17.2 Å². The molecule has 2 atom stereocenters. The number of anilines is 2. The van der Waals surface area contributed by atoms with Crippen molar-refractivity contribution < 1.29 is 19.4 Å². The van der Waals surface area contributed by atoms with Crippen LogP contribution in [0, 0.1) is 0 Å². The van der Waals surface area contributed by atoms with Crippen LogP contribution in [0.5, 0.6) is 0 Å². The lowest BCUT2D eigenvalue weighted by molar-refractivity contribution is -0.138. The molecule has 31 heavy (non-hydrogen) atoms. The van der Waals surface area contributed by atoms with Gasteiger partial charge >= 0.3 is 5.97 Å². The third-order valence-corrected chi connectivity index (χ3v) is 6.35. The molecule has 5 rings (SSSR count). The zero-order valence-electron chi connectivity index (χ0n) is 16.9. The maximum absolute atomic E-state index is 13.5. The van der Waals surface area contributed by atoms with Gasteiger partial charge < -0.3 is 19.6 Å². The Hall–Kier alpha value is -3.14. The van der Waals surface area contributed by atoms with E-state index in [1.807, 2.05) is 24.5 Å². The third-order valence-electron chi connectivity index (χ3n) is 5.79. The number of rotatable bonds is 4. The number of aliphatic imine (C=N–C) groups is 1. The molecule has 1 N–H and O–H groups in total. The van der Waals surface area contributed by atoms with E-state index < -0.39 is 12.0 Å². The number of fused-ring (bicyclic) bond motifs is 3. The minimum atomic E-state index is -1.02. The molecule has 0 radical (unpaired) electrons.